The van der Waals surface area contributed by atoms with Crippen LogP contribution < -0.4 is 0 Å². The Labute approximate surface area is 106 Å². The molecule has 2 rings (SSSR count). The summed E-state index contributed by atoms with van der Waals surface area (Å²) in [4.78, 5) is 8.98. The van der Waals surface area contributed by atoms with Gasteiger partial charge < -0.3 is 0 Å². The molecule has 0 aromatic carbocycles. The predicted molar refractivity (Wildman–Crippen MR) is 75.3 cm³/mol. The van der Waals surface area contributed by atoms with Crippen LogP contribution in [0.15, 0.2) is 9.98 Å². The SMILES string of the molecule is C1=N\CC2CCCCCCCCCC2C\N=C/1. The van der Waals surface area contributed by atoms with Gasteiger partial charge in [-0.3, -0.25) is 9.98 Å². The summed E-state index contributed by atoms with van der Waals surface area (Å²) in [6.07, 6.45) is 16.5. The maximum Gasteiger partial charge on any atom is 0.0421 e. The van der Waals surface area contributed by atoms with Crippen LogP contribution in [0.1, 0.15) is 57.8 Å². The smallest absolute Gasteiger partial charge is 0.0421 e. The van der Waals surface area contributed by atoms with Crippen LogP contribution in [0.4, 0.5) is 0 Å². The number of aliphatic imine (C=N–C) groups is 2. The number of rotatable bonds is 0. The van der Waals surface area contributed by atoms with E-state index in [2.05, 4.69) is 9.98 Å². The monoisotopic (exact) mass is 234 g/mol. The maximum absolute atomic E-state index is 4.49. The fraction of sp³-hybridized carbons (Fsp3) is 0.867. The minimum atomic E-state index is 0.793. The maximum atomic E-state index is 4.49. The minimum absolute atomic E-state index is 0.793. The molecule has 0 spiro atoms. The number of hydrogen-bond acceptors (Lipinski definition) is 2. The highest BCUT2D eigenvalue weighted by atomic mass is 14.8. The third kappa shape index (κ3) is 4.61. The Morgan fingerprint density at radius 2 is 1.00 bits per heavy atom. The second kappa shape index (κ2) is 7.62. The summed E-state index contributed by atoms with van der Waals surface area (Å²) in [5.41, 5.74) is 0. The zero-order valence-corrected chi connectivity index (χ0v) is 11.0. The summed E-state index contributed by atoms with van der Waals surface area (Å²) in [5.74, 6) is 1.59. The molecular formula is C15H26N2. The van der Waals surface area contributed by atoms with Crippen molar-refractivity contribution in [2.24, 2.45) is 21.8 Å². The van der Waals surface area contributed by atoms with Crippen LogP contribution in [-0.4, -0.2) is 25.5 Å². The van der Waals surface area contributed by atoms with E-state index in [0.717, 1.165) is 24.9 Å². The molecule has 1 saturated carbocycles. The highest BCUT2D eigenvalue weighted by Gasteiger charge is 2.21. The molecule has 2 nitrogen and oxygen atoms in total. The van der Waals surface area contributed by atoms with Gasteiger partial charge in [-0.15, -0.1) is 0 Å². The van der Waals surface area contributed by atoms with Gasteiger partial charge >= 0.3 is 0 Å². The van der Waals surface area contributed by atoms with Crippen molar-refractivity contribution in [3.05, 3.63) is 0 Å². The number of fused-ring (bicyclic) bond motifs is 1. The molecule has 17 heavy (non-hydrogen) atoms. The second-order valence-electron chi connectivity index (χ2n) is 5.60. The average Bonchev–Trinajstić information content (AvgIpc) is 2.35. The van der Waals surface area contributed by atoms with Gasteiger partial charge in [0, 0.05) is 25.5 Å². The van der Waals surface area contributed by atoms with Gasteiger partial charge in [0.25, 0.3) is 0 Å². The molecular weight excluding hydrogens is 208 g/mol. The van der Waals surface area contributed by atoms with Crippen molar-refractivity contribution >= 4 is 12.4 Å². The molecule has 96 valence electrons. The quantitative estimate of drug-likeness (QED) is 0.607. The first-order valence-corrected chi connectivity index (χ1v) is 7.45. The summed E-state index contributed by atoms with van der Waals surface area (Å²) in [5, 5.41) is 0. The van der Waals surface area contributed by atoms with Gasteiger partial charge in [-0.05, 0) is 24.7 Å². The lowest BCUT2D eigenvalue weighted by Gasteiger charge is -2.25. The van der Waals surface area contributed by atoms with Crippen molar-refractivity contribution in [2.75, 3.05) is 13.1 Å². The lowest BCUT2D eigenvalue weighted by molar-refractivity contribution is 0.297. The Kier molecular flexibility index (Phi) is 5.74. The molecule has 0 bridgehead atoms. The normalized spacial score (nSPS) is 35.8. The van der Waals surface area contributed by atoms with Gasteiger partial charge in [-0.1, -0.05) is 44.9 Å². The van der Waals surface area contributed by atoms with Gasteiger partial charge in [0.1, 0.15) is 0 Å². The third-order valence-electron chi connectivity index (χ3n) is 4.27. The van der Waals surface area contributed by atoms with Gasteiger partial charge in [0.2, 0.25) is 0 Å². The summed E-state index contributed by atoms with van der Waals surface area (Å²) in [6, 6.07) is 0. The van der Waals surface area contributed by atoms with Gasteiger partial charge in [-0.2, -0.15) is 0 Å². The largest absolute Gasteiger partial charge is 0.291 e. The van der Waals surface area contributed by atoms with Crippen LogP contribution in [0.2, 0.25) is 0 Å². The Morgan fingerprint density at radius 1 is 0.588 bits per heavy atom. The summed E-state index contributed by atoms with van der Waals surface area (Å²) in [7, 11) is 0. The fourth-order valence-electron chi connectivity index (χ4n) is 3.14. The summed E-state index contributed by atoms with van der Waals surface area (Å²) >= 11 is 0. The number of hydrogen-bond donors (Lipinski definition) is 0. The highest BCUT2D eigenvalue weighted by Crippen LogP contribution is 2.27. The first-order valence-electron chi connectivity index (χ1n) is 7.45. The fourth-order valence-corrected chi connectivity index (χ4v) is 3.14. The first-order chi connectivity index (χ1) is 8.47. The van der Waals surface area contributed by atoms with Crippen molar-refractivity contribution in [2.45, 2.75) is 57.8 Å². The van der Waals surface area contributed by atoms with E-state index < -0.39 is 0 Å². The molecule has 2 aliphatic rings. The zero-order valence-electron chi connectivity index (χ0n) is 11.0. The molecule has 1 aliphatic heterocycles. The third-order valence-corrected chi connectivity index (χ3v) is 4.27. The molecule has 2 heteroatoms. The molecule has 0 aromatic rings. The Morgan fingerprint density at radius 3 is 1.47 bits per heavy atom. The lowest BCUT2D eigenvalue weighted by atomic mass is 9.84. The average molecular weight is 234 g/mol. The van der Waals surface area contributed by atoms with Crippen molar-refractivity contribution in [3.8, 4) is 0 Å². The van der Waals surface area contributed by atoms with E-state index in [-0.39, 0.29) is 0 Å². The van der Waals surface area contributed by atoms with E-state index in [0.29, 0.717) is 0 Å². The van der Waals surface area contributed by atoms with Crippen LogP contribution in [0.3, 0.4) is 0 Å². The van der Waals surface area contributed by atoms with Crippen LogP contribution >= 0.6 is 0 Å². The molecule has 0 N–H and O–H groups in total. The molecule has 2 unspecified atom stereocenters. The van der Waals surface area contributed by atoms with E-state index in [1.54, 1.807) is 0 Å². The van der Waals surface area contributed by atoms with Gasteiger partial charge in [0.05, 0.1) is 0 Å². The lowest BCUT2D eigenvalue weighted by Crippen LogP contribution is -2.22. The molecule has 1 aliphatic carbocycles. The molecule has 0 radical (unpaired) electrons. The van der Waals surface area contributed by atoms with Crippen LogP contribution in [0, 0.1) is 11.8 Å². The van der Waals surface area contributed by atoms with E-state index in [1.807, 2.05) is 12.4 Å². The topological polar surface area (TPSA) is 24.7 Å². The van der Waals surface area contributed by atoms with Crippen LogP contribution in [-0.2, 0) is 0 Å². The van der Waals surface area contributed by atoms with Crippen LogP contribution in [0.5, 0.6) is 0 Å². The minimum Gasteiger partial charge on any atom is -0.291 e. The molecule has 1 heterocycles. The van der Waals surface area contributed by atoms with Crippen molar-refractivity contribution in [1.29, 1.82) is 0 Å². The first kappa shape index (κ1) is 12.8. The van der Waals surface area contributed by atoms with E-state index in [9.17, 15) is 0 Å². The highest BCUT2D eigenvalue weighted by molar-refractivity contribution is 6.16. The Hall–Kier alpha value is -0.660. The molecule has 0 saturated heterocycles. The van der Waals surface area contributed by atoms with E-state index >= 15 is 0 Å². The Bertz CT molecular complexity index is 232. The van der Waals surface area contributed by atoms with Crippen molar-refractivity contribution in [3.63, 3.8) is 0 Å². The van der Waals surface area contributed by atoms with Crippen LogP contribution in [0.25, 0.3) is 0 Å². The summed E-state index contributed by atoms with van der Waals surface area (Å²) in [6.45, 7) is 2.08. The molecule has 0 amide bonds. The predicted octanol–water partition coefficient (Wildman–Crippen LogP) is 3.90. The standard InChI is InChI=1S/C15H26N2/c1-2-4-6-8-14-12-16-10-11-17-13-15(14)9-7-5-3-1/h10-11,14-15H,1-9,12-13H2/b16-10-,17-11-. The second-order valence-corrected chi connectivity index (χ2v) is 5.60. The summed E-state index contributed by atoms with van der Waals surface area (Å²) < 4.78 is 0. The number of nitrogens with zero attached hydrogens (tertiary/aromatic N) is 2. The Balaban J connectivity index is 1.93. The van der Waals surface area contributed by atoms with E-state index in [1.165, 1.54) is 57.8 Å². The van der Waals surface area contributed by atoms with Crippen molar-refractivity contribution < 1.29 is 0 Å². The zero-order chi connectivity index (χ0) is 11.8. The molecule has 1 fully saturated rings. The molecule has 2 atom stereocenters. The van der Waals surface area contributed by atoms with Gasteiger partial charge in [-0.25, -0.2) is 0 Å². The van der Waals surface area contributed by atoms with Gasteiger partial charge in [0.15, 0.2) is 0 Å². The van der Waals surface area contributed by atoms with Crippen molar-refractivity contribution in [1.82, 2.24) is 0 Å². The van der Waals surface area contributed by atoms with E-state index in [4.69, 9.17) is 0 Å². The molecule has 0 aromatic heterocycles.